The van der Waals surface area contributed by atoms with Crippen molar-refractivity contribution < 1.29 is 4.79 Å². The number of unbranched alkanes of at least 4 members (excludes halogenated alkanes) is 1. The number of carbonyl (C=O) groups excluding carboxylic acids is 1. The van der Waals surface area contributed by atoms with Gasteiger partial charge in [0.2, 0.25) is 0 Å². The van der Waals surface area contributed by atoms with Gasteiger partial charge in [-0.05, 0) is 31.9 Å². The zero-order valence-corrected chi connectivity index (χ0v) is 17.6. The fourth-order valence-electron chi connectivity index (χ4n) is 3.60. The highest BCUT2D eigenvalue weighted by Gasteiger charge is 2.19. The average molecular weight is 403 g/mol. The molecule has 4 rings (SSSR count). The van der Waals surface area contributed by atoms with Crippen LogP contribution in [0.5, 0.6) is 0 Å². The Kier molecular flexibility index (Phi) is 5.61. The number of fused-ring (bicyclic) bond motifs is 1. The normalized spacial score (nSPS) is 11.2. The molecule has 7 heteroatoms. The number of nitrogens with one attached hydrogen (secondary N) is 1. The third-order valence-corrected chi connectivity index (χ3v) is 5.05. The number of aryl methyl sites for hydroxylation is 3. The van der Waals surface area contributed by atoms with Crippen molar-refractivity contribution in [3.63, 3.8) is 0 Å². The first-order chi connectivity index (χ1) is 14.5. The van der Waals surface area contributed by atoms with E-state index < -0.39 is 0 Å². The van der Waals surface area contributed by atoms with Crippen LogP contribution >= 0.6 is 0 Å². The van der Waals surface area contributed by atoms with Gasteiger partial charge >= 0.3 is 0 Å². The lowest BCUT2D eigenvalue weighted by atomic mass is 10.1. The van der Waals surface area contributed by atoms with Crippen LogP contribution in [0.1, 0.15) is 47.1 Å². The number of amides is 1. The van der Waals surface area contributed by atoms with Crippen molar-refractivity contribution in [3.8, 4) is 0 Å². The van der Waals surface area contributed by atoms with Gasteiger partial charge < -0.3 is 5.32 Å². The quantitative estimate of drug-likeness (QED) is 0.499. The van der Waals surface area contributed by atoms with E-state index in [2.05, 4.69) is 39.6 Å². The van der Waals surface area contributed by atoms with Crippen molar-refractivity contribution in [2.45, 2.75) is 46.7 Å². The molecular formula is C23H26N6O. The smallest absolute Gasteiger partial charge is 0.256 e. The summed E-state index contributed by atoms with van der Waals surface area (Å²) in [6.07, 6.45) is 5.61. The molecule has 0 saturated carbocycles. The molecule has 0 atom stereocenters. The molecule has 1 N–H and O–H groups in total. The number of nitrogens with zero attached hydrogens (tertiary/aromatic N) is 5. The molecule has 30 heavy (non-hydrogen) atoms. The summed E-state index contributed by atoms with van der Waals surface area (Å²) in [4.78, 5) is 17.8. The third kappa shape index (κ3) is 4.10. The Balaban J connectivity index is 1.58. The largest absolute Gasteiger partial charge is 0.319 e. The number of benzene rings is 1. The van der Waals surface area contributed by atoms with Gasteiger partial charge in [-0.25, -0.2) is 9.67 Å². The van der Waals surface area contributed by atoms with Crippen LogP contribution in [0.3, 0.4) is 0 Å². The zero-order valence-electron chi connectivity index (χ0n) is 17.6. The number of pyridine rings is 1. The number of hydrogen-bond donors (Lipinski definition) is 1. The summed E-state index contributed by atoms with van der Waals surface area (Å²) in [6, 6.07) is 11.9. The summed E-state index contributed by atoms with van der Waals surface area (Å²) in [7, 11) is 0. The lowest BCUT2D eigenvalue weighted by Crippen LogP contribution is -2.13. The van der Waals surface area contributed by atoms with Crippen LogP contribution in [0.4, 0.5) is 5.69 Å². The van der Waals surface area contributed by atoms with E-state index in [1.54, 1.807) is 6.20 Å². The molecule has 0 aliphatic heterocycles. The predicted octanol–water partition coefficient (Wildman–Crippen LogP) is 4.35. The lowest BCUT2D eigenvalue weighted by molar-refractivity contribution is 0.102. The summed E-state index contributed by atoms with van der Waals surface area (Å²) in [6.45, 7) is 7.42. The van der Waals surface area contributed by atoms with Gasteiger partial charge in [-0.2, -0.15) is 10.2 Å². The van der Waals surface area contributed by atoms with Gasteiger partial charge in [-0.15, -0.1) is 0 Å². The first kappa shape index (κ1) is 19.8. The van der Waals surface area contributed by atoms with Gasteiger partial charge in [-0.1, -0.05) is 43.7 Å². The van der Waals surface area contributed by atoms with E-state index in [1.165, 1.54) is 0 Å². The van der Waals surface area contributed by atoms with Crippen molar-refractivity contribution in [2.75, 3.05) is 5.32 Å². The van der Waals surface area contributed by atoms with E-state index in [-0.39, 0.29) is 5.91 Å². The number of aromatic nitrogens is 5. The molecule has 1 amide bonds. The molecule has 0 saturated heterocycles. The highest BCUT2D eigenvalue weighted by molar-refractivity contribution is 6.12. The first-order valence-electron chi connectivity index (χ1n) is 10.3. The van der Waals surface area contributed by atoms with Crippen LogP contribution in [0.25, 0.3) is 11.0 Å². The van der Waals surface area contributed by atoms with Crippen molar-refractivity contribution in [1.29, 1.82) is 0 Å². The van der Waals surface area contributed by atoms with Crippen LogP contribution in [0.15, 0.2) is 48.8 Å². The van der Waals surface area contributed by atoms with E-state index >= 15 is 0 Å². The highest BCUT2D eigenvalue weighted by Crippen LogP contribution is 2.24. The number of anilines is 1. The van der Waals surface area contributed by atoms with Crippen molar-refractivity contribution in [3.05, 3.63) is 71.3 Å². The molecule has 1 aromatic carbocycles. The van der Waals surface area contributed by atoms with Crippen LogP contribution in [-0.2, 0) is 13.1 Å². The lowest BCUT2D eigenvalue weighted by Gasteiger charge is -2.07. The van der Waals surface area contributed by atoms with Gasteiger partial charge in [0.25, 0.3) is 5.91 Å². The monoisotopic (exact) mass is 402 g/mol. The Morgan fingerprint density at radius 1 is 1.17 bits per heavy atom. The third-order valence-electron chi connectivity index (χ3n) is 5.05. The molecular weight excluding hydrogens is 376 g/mol. The van der Waals surface area contributed by atoms with Gasteiger partial charge in [0, 0.05) is 18.4 Å². The zero-order chi connectivity index (χ0) is 21.1. The fraction of sp³-hybridized carbons (Fsp3) is 0.304. The minimum absolute atomic E-state index is 0.178. The van der Waals surface area contributed by atoms with Crippen LogP contribution in [0.2, 0.25) is 0 Å². The molecule has 7 nitrogen and oxygen atoms in total. The molecule has 0 unspecified atom stereocenters. The Morgan fingerprint density at radius 3 is 2.73 bits per heavy atom. The van der Waals surface area contributed by atoms with Crippen molar-refractivity contribution >= 4 is 22.6 Å². The minimum atomic E-state index is -0.178. The van der Waals surface area contributed by atoms with E-state index in [0.29, 0.717) is 17.8 Å². The van der Waals surface area contributed by atoms with Crippen LogP contribution < -0.4 is 5.32 Å². The molecule has 0 spiro atoms. The maximum Gasteiger partial charge on any atom is 0.256 e. The van der Waals surface area contributed by atoms with Crippen molar-refractivity contribution in [1.82, 2.24) is 24.5 Å². The summed E-state index contributed by atoms with van der Waals surface area (Å²) >= 11 is 0. The van der Waals surface area contributed by atoms with Gasteiger partial charge in [0.15, 0.2) is 5.65 Å². The summed E-state index contributed by atoms with van der Waals surface area (Å²) < 4.78 is 3.72. The number of rotatable bonds is 7. The predicted molar refractivity (Wildman–Crippen MR) is 118 cm³/mol. The van der Waals surface area contributed by atoms with E-state index in [4.69, 9.17) is 0 Å². The summed E-state index contributed by atoms with van der Waals surface area (Å²) in [5, 5.41) is 12.8. The molecule has 3 aromatic heterocycles. The first-order valence-corrected chi connectivity index (χ1v) is 10.3. The minimum Gasteiger partial charge on any atom is -0.319 e. The Hall–Kier alpha value is -3.48. The van der Waals surface area contributed by atoms with E-state index in [9.17, 15) is 4.79 Å². The van der Waals surface area contributed by atoms with Gasteiger partial charge in [0.1, 0.15) is 0 Å². The summed E-state index contributed by atoms with van der Waals surface area (Å²) in [5.41, 5.74) is 4.79. The topological polar surface area (TPSA) is 77.6 Å². The molecule has 0 fully saturated rings. The van der Waals surface area contributed by atoms with Crippen molar-refractivity contribution in [2.24, 2.45) is 0 Å². The molecule has 3 heterocycles. The average Bonchev–Trinajstić information content (AvgIpc) is 3.30. The van der Waals surface area contributed by atoms with Crippen LogP contribution in [0, 0.1) is 13.8 Å². The maximum atomic E-state index is 13.1. The maximum absolute atomic E-state index is 13.1. The van der Waals surface area contributed by atoms with E-state index in [0.717, 1.165) is 47.4 Å². The Morgan fingerprint density at radius 2 is 1.97 bits per heavy atom. The molecule has 0 bridgehead atoms. The fourth-order valence-corrected chi connectivity index (χ4v) is 3.60. The SMILES string of the molecule is CCCCn1nc(C)c2c(C(=O)Nc3cnn(Cc4ccccc4)c3)cc(C)nc21. The van der Waals surface area contributed by atoms with Crippen LogP contribution in [-0.4, -0.2) is 30.5 Å². The highest BCUT2D eigenvalue weighted by atomic mass is 16.1. The summed E-state index contributed by atoms with van der Waals surface area (Å²) in [5.74, 6) is -0.178. The number of hydrogen-bond acceptors (Lipinski definition) is 4. The molecule has 154 valence electrons. The standard InChI is InChI=1S/C23H26N6O/c1-4-5-11-29-22-21(17(3)27-29)20(12-16(2)25-22)23(30)26-19-13-24-28(15-19)14-18-9-7-6-8-10-18/h6-10,12-13,15H,4-5,11,14H2,1-3H3,(H,26,30). The second kappa shape index (κ2) is 8.49. The molecule has 0 radical (unpaired) electrons. The second-order valence-electron chi connectivity index (χ2n) is 7.54. The number of carbonyl (C=O) groups is 1. The van der Waals surface area contributed by atoms with Gasteiger partial charge in [0.05, 0.1) is 35.1 Å². The molecule has 4 aromatic rings. The Labute approximate surface area is 175 Å². The van der Waals surface area contributed by atoms with Gasteiger partial charge in [-0.3, -0.25) is 9.48 Å². The van der Waals surface area contributed by atoms with E-state index in [1.807, 2.05) is 53.7 Å². The second-order valence-corrected chi connectivity index (χ2v) is 7.54. The Bertz CT molecular complexity index is 1180. The molecule has 0 aliphatic carbocycles. The molecule has 0 aliphatic rings.